The SMILES string of the molecule is Cc1c(CN2CCC(Nc3ncnc4sc(CC(F)(F)F)cc34)CC2)ccc2c1cc(C#N)n2CCN1CCN(S(=O)CC(C)C)CC1. The number of anilines is 1. The van der Waals surface area contributed by atoms with Gasteiger partial charge in [-0.3, -0.25) is 9.80 Å². The van der Waals surface area contributed by atoms with Crippen molar-refractivity contribution in [2.24, 2.45) is 5.92 Å². The third-order valence-electron chi connectivity index (χ3n) is 9.39. The molecular formula is C34H43F3N8OS2. The molecule has 0 aliphatic carbocycles. The summed E-state index contributed by atoms with van der Waals surface area (Å²) >= 11 is 1.07. The molecule has 3 aromatic heterocycles. The number of piperazine rings is 1. The molecule has 1 N–H and O–H groups in total. The maximum Gasteiger partial charge on any atom is 0.393 e. The molecule has 0 bridgehead atoms. The standard InChI is InChI=1S/C34H43F3N8OS2/c1-23(2)21-48(46)44-13-10-42(11-14-44)12-15-45-27(19-38)16-29-24(3)25(4-5-31(29)45)20-43-8-6-26(7-9-43)41-32-30-17-28(18-34(35,36)37)47-33(30)40-22-39-32/h4-5,16-17,22-23,26H,6-15,18,20-21H2,1-3H3,(H,39,40,41). The molecular weight excluding hydrogens is 658 g/mol. The van der Waals surface area contributed by atoms with E-state index in [-0.39, 0.29) is 10.9 Å². The first-order valence-electron chi connectivity index (χ1n) is 16.6. The molecule has 2 aliphatic heterocycles. The fourth-order valence-electron chi connectivity index (χ4n) is 6.79. The molecule has 14 heteroatoms. The highest BCUT2D eigenvalue weighted by Crippen LogP contribution is 2.33. The predicted molar refractivity (Wildman–Crippen MR) is 186 cm³/mol. The molecule has 2 saturated heterocycles. The molecule has 258 valence electrons. The van der Waals surface area contributed by atoms with E-state index in [1.165, 1.54) is 17.5 Å². The number of hydrogen-bond acceptors (Lipinski definition) is 8. The van der Waals surface area contributed by atoms with Crippen LogP contribution in [0.25, 0.3) is 21.1 Å². The number of nitrogens with zero attached hydrogens (tertiary/aromatic N) is 7. The second-order valence-corrected chi connectivity index (χ2v) is 16.0. The van der Waals surface area contributed by atoms with Crippen LogP contribution < -0.4 is 5.32 Å². The van der Waals surface area contributed by atoms with Crippen molar-refractivity contribution in [3.05, 3.63) is 52.3 Å². The highest BCUT2D eigenvalue weighted by atomic mass is 32.2. The maximum absolute atomic E-state index is 12.9. The number of alkyl halides is 3. The van der Waals surface area contributed by atoms with Crippen molar-refractivity contribution in [3.63, 3.8) is 0 Å². The second-order valence-electron chi connectivity index (χ2n) is 13.4. The highest BCUT2D eigenvalue weighted by Gasteiger charge is 2.29. The van der Waals surface area contributed by atoms with E-state index in [2.05, 4.69) is 72.9 Å². The van der Waals surface area contributed by atoms with E-state index < -0.39 is 23.6 Å². The molecule has 1 unspecified atom stereocenters. The first kappa shape index (κ1) is 34.8. The number of piperidine rings is 1. The van der Waals surface area contributed by atoms with Gasteiger partial charge in [-0.05, 0) is 55.0 Å². The minimum atomic E-state index is -4.26. The van der Waals surface area contributed by atoms with E-state index >= 15 is 0 Å². The Bertz CT molecular complexity index is 1800. The third kappa shape index (κ3) is 8.19. The van der Waals surface area contributed by atoms with Crippen molar-refractivity contribution < 1.29 is 17.4 Å². The van der Waals surface area contributed by atoms with Gasteiger partial charge in [0.1, 0.15) is 28.7 Å². The van der Waals surface area contributed by atoms with Gasteiger partial charge < -0.3 is 9.88 Å². The average Bonchev–Trinajstić information content (AvgIpc) is 3.62. The molecule has 5 heterocycles. The van der Waals surface area contributed by atoms with Crippen LogP contribution in [0.4, 0.5) is 19.0 Å². The Morgan fingerprint density at radius 2 is 1.79 bits per heavy atom. The van der Waals surface area contributed by atoms with Crippen LogP contribution in [0.1, 0.15) is 48.4 Å². The average molecular weight is 701 g/mol. The molecule has 48 heavy (non-hydrogen) atoms. The molecule has 0 spiro atoms. The van der Waals surface area contributed by atoms with Crippen molar-refractivity contribution in [3.8, 4) is 6.07 Å². The summed E-state index contributed by atoms with van der Waals surface area (Å²) in [4.78, 5) is 14.2. The summed E-state index contributed by atoms with van der Waals surface area (Å²) in [6, 6.07) is 10.5. The summed E-state index contributed by atoms with van der Waals surface area (Å²) in [5, 5.41) is 15.2. The normalized spacial score (nSPS) is 18.2. The Hall–Kier alpha value is -3.09. The van der Waals surface area contributed by atoms with Gasteiger partial charge in [0.05, 0.1) is 22.8 Å². The molecule has 0 amide bonds. The van der Waals surface area contributed by atoms with Crippen LogP contribution >= 0.6 is 11.3 Å². The van der Waals surface area contributed by atoms with Gasteiger partial charge in [-0.25, -0.2) is 18.5 Å². The first-order chi connectivity index (χ1) is 23.0. The van der Waals surface area contributed by atoms with Crippen LogP contribution in [-0.2, 0) is 30.5 Å². The number of aryl methyl sites for hydroxylation is 1. The summed E-state index contributed by atoms with van der Waals surface area (Å²) < 4.78 is 55.6. The number of nitriles is 1. The van der Waals surface area contributed by atoms with Crippen molar-refractivity contribution in [1.82, 2.24) is 28.6 Å². The van der Waals surface area contributed by atoms with Crippen LogP contribution in [0.5, 0.6) is 0 Å². The summed E-state index contributed by atoms with van der Waals surface area (Å²) in [6.45, 7) is 13.9. The zero-order valence-electron chi connectivity index (χ0n) is 27.7. The minimum Gasteiger partial charge on any atom is -0.367 e. The number of fused-ring (bicyclic) bond motifs is 2. The van der Waals surface area contributed by atoms with Gasteiger partial charge in [0, 0.05) is 86.5 Å². The first-order valence-corrected chi connectivity index (χ1v) is 18.7. The van der Waals surface area contributed by atoms with Gasteiger partial charge in [0.2, 0.25) is 0 Å². The Balaban J connectivity index is 1.04. The molecule has 4 aromatic rings. The van der Waals surface area contributed by atoms with Crippen LogP contribution in [0, 0.1) is 24.2 Å². The summed E-state index contributed by atoms with van der Waals surface area (Å²) in [6.07, 6.45) is -2.02. The molecule has 2 fully saturated rings. The topological polar surface area (TPSA) is 93.3 Å². The molecule has 1 atom stereocenters. The van der Waals surface area contributed by atoms with E-state index in [4.69, 9.17) is 0 Å². The van der Waals surface area contributed by atoms with Crippen LogP contribution in [-0.4, -0.2) is 96.6 Å². The lowest BCUT2D eigenvalue weighted by molar-refractivity contribution is -0.126. The lowest BCUT2D eigenvalue weighted by Crippen LogP contribution is -2.48. The molecule has 9 nitrogen and oxygen atoms in total. The molecule has 1 aromatic carbocycles. The Labute approximate surface area is 286 Å². The quantitative estimate of drug-likeness (QED) is 0.207. The summed E-state index contributed by atoms with van der Waals surface area (Å²) in [5.74, 6) is 1.72. The van der Waals surface area contributed by atoms with Gasteiger partial charge in [-0.2, -0.15) is 18.4 Å². The maximum atomic E-state index is 12.9. The van der Waals surface area contributed by atoms with E-state index in [0.29, 0.717) is 33.4 Å². The van der Waals surface area contributed by atoms with E-state index in [1.807, 2.05) is 6.07 Å². The smallest absolute Gasteiger partial charge is 0.367 e. The third-order valence-corrected chi connectivity index (χ3v) is 12.3. The number of aromatic nitrogens is 3. The van der Waals surface area contributed by atoms with Gasteiger partial charge in [-0.15, -0.1) is 11.3 Å². The molecule has 2 aliphatic rings. The van der Waals surface area contributed by atoms with Crippen molar-refractivity contribution >= 4 is 49.3 Å². The monoisotopic (exact) mass is 700 g/mol. The Morgan fingerprint density at radius 3 is 2.48 bits per heavy atom. The number of likely N-dealkylation sites (tertiary alicyclic amines) is 1. The number of halogens is 3. The number of thiophene rings is 1. The largest absolute Gasteiger partial charge is 0.393 e. The number of nitrogens with one attached hydrogen (secondary N) is 1. The number of hydrogen-bond donors (Lipinski definition) is 1. The van der Waals surface area contributed by atoms with Crippen LogP contribution in [0.2, 0.25) is 0 Å². The van der Waals surface area contributed by atoms with Crippen molar-refractivity contribution in [1.29, 1.82) is 5.26 Å². The van der Waals surface area contributed by atoms with E-state index in [1.54, 1.807) is 6.07 Å². The predicted octanol–water partition coefficient (Wildman–Crippen LogP) is 5.94. The fourth-order valence-corrected chi connectivity index (χ4v) is 9.17. The van der Waals surface area contributed by atoms with Crippen molar-refractivity contribution in [2.45, 2.75) is 65.3 Å². The minimum absolute atomic E-state index is 0.172. The van der Waals surface area contributed by atoms with Crippen LogP contribution in [0.15, 0.2) is 30.6 Å². The van der Waals surface area contributed by atoms with Crippen LogP contribution in [0.3, 0.4) is 0 Å². The zero-order chi connectivity index (χ0) is 34.0. The summed E-state index contributed by atoms with van der Waals surface area (Å²) in [5.41, 5.74) is 4.19. The number of rotatable bonds is 11. The van der Waals surface area contributed by atoms with Gasteiger partial charge in [-0.1, -0.05) is 19.9 Å². The molecule has 0 saturated carbocycles. The molecule has 0 radical (unpaired) electrons. The van der Waals surface area contributed by atoms with E-state index in [9.17, 15) is 22.6 Å². The second kappa shape index (κ2) is 14.8. The number of benzene rings is 1. The highest BCUT2D eigenvalue weighted by molar-refractivity contribution is 7.82. The van der Waals surface area contributed by atoms with Gasteiger partial charge >= 0.3 is 6.18 Å². The lowest BCUT2D eigenvalue weighted by atomic mass is 10.0. The summed E-state index contributed by atoms with van der Waals surface area (Å²) in [7, 11) is -0.915. The van der Waals surface area contributed by atoms with E-state index in [0.717, 1.165) is 94.0 Å². The zero-order valence-corrected chi connectivity index (χ0v) is 29.4. The van der Waals surface area contributed by atoms with Crippen molar-refractivity contribution in [2.75, 3.05) is 56.9 Å². The van der Waals surface area contributed by atoms with Gasteiger partial charge in [0.25, 0.3) is 0 Å². The molecule has 6 rings (SSSR count). The van der Waals surface area contributed by atoms with Gasteiger partial charge in [0.15, 0.2) is 0 Å². The Morgan fingerprint density at radius 1 is 1.04 bits per heavy atom. The Kier molecular flexibility index (Phi) is 10.7. The lowest BCUT2D eigenvalue weighted by Gasteiger charge is -2.34. The fraction of sp³-hybridized carbons (Fsp3) is 0.559.